The van der Waals surface area contributed by atoms with Gasteiger partial charge in [0.1, 0.15) is 0 Å². The lowest BCUT2D eigenvalue weighted by Gasteiger charge is -2.57. The smallest absolute Gasteiger partial charge is 0.0924 e. The molecule has 0 radical (unpaired) electrons. The van der Waals surface area contributed by atoms with Crippen molar-refractivity contribution in [3.05, 3.63) is 0 Å². The summed E-state index contributed by atoms with van der Waals surface area (Å²) in [6.45, 7) is 3.00. The lowest BCUT2D eigenvalue weighted by molar-refractivity contribution is -0.0568. The van der Waals surface area contributed by atoms with Crippen molar-refractivity contribution in [2.24, 2.45) is 23.2 Å². The number of nitriles is 1. The molecule has 4 saturated carbocycles. The molecule has 0 heterocycles. The van der Waals surface area contributed by atoms with E-state index in [4.69, 9.17) is 5.26 Å². The normalized spacial score (nSPS) is 44.6. The van der Waals surface area contributed by atoms with Crippen molar-refractivity contribution < 1.29 is 0 Å². The second-order valence-corrected chi connectivity index (χ2v) is 6.97. The number of nitrogens with zero attached hydrogens (tertiary/aromatic N) is 1. The lowest BCUT2D eigenvalue weighted by atomic mass is 9.49. The van der Waals surface area contributed by atoms with Gasteiger partial charge in [-0.1, -0.05) is 0 Å². The lowest BCUT2D eigenvalue weighted by Crippen LogP contribution is -2.47. The molecular formula is C15H24N2. The summed E-state index contributed by atoms with van der Waals surface area (Å²) in [6.07, 6.45) is 10.4. The van der Waals surface area contributed by atoms with E-state index in [9.17, 15) is 0 Å². The molecule has 1 atom stereocenters. The zero-order chi connectivity index (χ0) is 11.9. The molecule has 4 aliphatic rings. The minimum atomic E-state index is 0.0175. The Kier molecular flexibility index (Phi) is 2.91. The maximum absolute atomic E-state index is 8.78. The van der Waals surface area contributed by atoms with Gasteiger partial charge in [-0.25, -0.2) is 0 Å². The zero-order valence-electron chi connectivity index (χ0n) is 10.9. The third kappa shape index (κ3) is 2.22. The first-order chi connectivity index (χ1) is 8.19. The van der Waals surface area contributed by atoms with Crippen molar-refractivity contribution >= 4 is 0 Å². The minimum Gasteiger partial charge on any atom is -0.302 e. The molecule has 0 amide bonds. The molecule has 4 rings (SSSR count). The van der Waals surface area contributed by atoms with E-state index < -0.39 is 0 Å². The molecule has 0 saturated heterocycles. The third-order valence-corrected chi connectivity index (χ3v) is 5.46. The average molecular weight is 232 g/mol. The van der Waals surface area contributed by atoms with Crippen molar-refractivity contribution in [1.82, 2.24) is 5.32 Å². The topological polar surface area (TPSA) is 35.8 Å². The average Bonchev–Trinajstić information content (AvgIpc) is 2.26. The van der Waals surface area contributed by atoms with Gasteiger partial charge in [-0.2, -0.15) is 5.26 Å². The summed E-state index contributed by atoms with van der Waals surface area (Å²) in [4.78, 5) is 0. The fraction of sp³-hybridized carbons (Fsp3) is 0.933. The van der Waals surface area contributed by atoms with E-state index in [2.05, 4.69) is 11.4 Å². The van der Waals surface area contributed by atoms with Gasteiger partial charge in [-0.05, 0) is 81.6 Å². The van der Waals surface area contributed by atoms with Gasteiger partial charge in [-0.3, -0.25) is 0 Å². The standard InChI is InChI=1S/C15H24N2/c1-11(10-16)17-3-2-15-7-12-4-13(8-15)6-14(5-12)9-15/h11-14,17H,2-9H2,1H3. The summed E-state index contributed by atoms with van der Waals surface area (Å²) in [6, 6.07) is 2.28. The Morgan fingerprint density at radius 3 is 2.18 bits per heavy atom. The van der Waals surface area contributed by atoms with E-state index in [1.54, 1.807) is 0 Å². The highest BCUT2D eigenvalue weighted by Gasteiger charge is 2.50. The summed E-state index contributed by atoms with van der Waals surface area (Å²) in [5.41, 5.74) is 0.664. The van der Waals surface area contributed by atoms with Gasteiger partial charge in [0, 0.05) is 0 Å². The van der Waals surface area contributed by atoms with Gasteiger partial charge in [0.05, 0.1) is 12.1 Å². The Labute approximate surface area is 105 Å². The fourth-order valence-corrected chi connectivity index (χ4v) is 5.20. The number of nitrogens with one attached hydrogen (secondary N) is 1. The van der Waals surface area contributed by atoms with Crippen LogP contribution >= 0.6 is 0 Å². The van der Waals surface area contributed by atoms with Crippen LogP contribution in [0.3, 0.4) is 0 Å². The largest absolute Gasteiger partial charge is 0.302 e. The molecule has 0 aromatic rings. The van der Waals surface area contributed by atoms with Crippen LogP contribution in [0.2, 0.25) is 0 Å². The Balaban J connectivity index is 1.57. The third-order valence-electron chi connectivity index (χ3n) is 5.46. The second-order valence-electron chi connectivity index (χ2n) is 6.97. The first-order valence-electron chi connectivity index (χ1n) is 7.32. The molecule has 4 bridgehead atoms. The van der Waals surface area contributed by atoms with Gasteiger partial charge < -0.3 is 5.32 Å². The minimum absolute atomic E-state index is 0.0175. The van der Waals surface area contributed by atoms with Crippen molar-refractivity contribution in [1.29, 1.82) is 5.26 Å². The number of rotatable bonds is 4. The number of hydrogen-bond donors (Lipinski definition) is 1. The summed E-state index contributed by atoms with van der Waals surface area (Å²) in [5.74, 6) is 3.15. The van der Waals surface area contributed by atoms with Crippen LogP contribution in [0.15, 0.2) is 0 Å². The van der Waals surface area contributed by atoms with Gasteiger partial charge in [0.15, 0.2) is 0 Å². The van der Waals surface area contributed by atoms with Crippen molar-refractivity contribution in [2.75, 3.05) is 6.54 Å². The SMILES string of the molecule is CC(C#N)NCCC12CC3CC(CC(C3)C1)C2. The van der Waals surface area contributed by atoms with Crippen LogP contribution < -0.4 is 5.32 Å². The van der Waals surface area contributed by atoms with E-state index in [0.29, 0.717) is 5.41 Å². The molecular weight excluding hydrogens is 208 g/mol. The van der Waals surface area contributed by atoms with Crippen LogP contribution in [0.5, 0.6) is 0 Å². The molecule has 1 unspecified atom stereocenters. The maximum Gasteiger partial charge on any atom is 0.0924 e. The van der Waals surface area contributed by atoms with Crippen LogP contribution in [0.25, 0.3) is 0 Å². The first-order valence-corrected chi connectivity index (χ1v) is 7.32. The van der Waals surface area contributed by atoms with Crippen molar-refractivity contribution in [2.45, 2.75) is 57.9 Å². The zero-order valence-corrected chi connectivity index (χ0v) is 10.9. The molecule has 0 spiro atoms. The fourth-order valence-electron chi connectivity index (χ4n) is 5.20. The molecule has 4 fully saturated rings. The van der Waals surface area contributed by atoms with Crippen molar-refractivity contribution in [3.8, 4) is 6.07 Å². The molecule has 17 heavy (non-hydrogen) atoms. The Hall–Kier alpha value is -0.550. The predicted molar refractivity (Wildman–Crippen MR) is 68.3 cm³/mol. The summed E-state index contributed by atoms with van der Waals surface area (Å²) < 4.78 is 0. The van der Waals surface area contributed by atoms with Gasteiger partial charge >= 0.3 is 0 Å². The van der Waals surface area contributed by atoms with E-state index in [0.717, 1.165) is 24.3 Å². The summed E-state index contributed by atoms with van der Waals surface area (Å²) in [5, 5.41) is 12.1. The Bertz CT molecular complexity index is 293. The Morgan fingerprint density at radius 1 is 1.18 bits per heavy atom. The van der Waals surface area contributed by atoms with Crippen LogP contribution in [-0.4, -0.2) is 12.6 Å². The van der Waals surface area contributed by atoms with Gasteiger partial charge in [0.25, 0.3) is 0 Å². The van der Waals surface area contributed by atoms with E-state index in [-0.39, 0.29) is 6.04 Å². The molecule has 1 N–H and O–H groups in total. The summed E-state index contributed by atoms with van der Waals surface area (Å²) >= 11 is 0. The Morgan fingerprint density at radius 2 is 1.71 bits per heavy atom. The first kappa shape index (κ1) is 11.5. The molecule has 2 heteroatoms. The molecule has 94 valence electrons. The summed E-state index contributed by atoms with van der Waals surface area (Å²) in [7, 11) is 0. The van der Waals surface area contributed by atoms with Crippen LogP contribution in [0, 0.1) is 34.5 Å². The van der Waals surface area contributed by atoms with E-state index in [1.807, 2.05) is 6.92 Å². The maximum atomic E-state index is 8.78. The van der Waals surface area contributed by atoms with E-state index in [1.165, 1.54) is 44.9 Å². The highest BCUT2D eigenvalue weighted by atomic mass is 14.9. The van der Waals surface area contributed by atoms with Crippen LogP contribution in [0.1, 0.15) is 51.9 Å². The quantitative estimate of drug-likeness (QED) is 0.808. The molecule has 2 nitrogen and oxygen atoms in total. The van der Waals surface area contributed by atoms with Crippen LogP contribution in [0.4, 0.5) is 0 Å². The monoisotopic (exact) mass is 232 g/mol. The molecule has 0 aromatic heterocycles. The number of hydrogen-bond acceptors (Lipinski definition) is 2. The van der Waals surface area contributed by atoms with E-state index >= 15 is 0 Å². The van der Waals surface area contributed by atoms with Crippen molar-refractivity contribution in [3.63, 3.8) is 0 Å². The highest BCUT2D eigenvalue weighted by Crippen LogP contribution is 2.61. The highest BCUT2D eigenvalue weighted by molar-refractivity contribution is 5.01. The predicted octanol–water partition coefficient (Wildman–Crippen LogP) is 3.09. The van der Waals surface area contributed by atoms with Gasteiger partial charge in [-0.15, -0.1) is 0 Å². The molecule has 0 aliphatic heterocycles. The van der Waals surface area contributed by atoms with Crippen LogP contribution in [-0.2, 0) is 0 Å². The van der Waals surface area contributed by atoms with Gasteiger partial charge in [0.2, 0.25) is 0 Å². The molecule has 0 aromatic carbocycles. The molecule has 4 aliphatic carbocycles. The second kappa shape index (κ2) is 4.28.